The second kappa shape index (κ2) is 69.3. The number of rotatable bonds is 32. The van der Waals surface area contributed by atoms with Crippen LogP contribution in [-0.2, 0) is 0 Å². The van der Waals surface area contributed by atoms with Gasteiger partial charge in [-0.2, -0.15) is 0 Å². The summed E-state index contributed by atoms with van der Waals surface area (Å²) in [5.41, 5.74) is 16.3. The molecule has 6 fully saturated rings. The lowest BCUT2D eigenvalue weighted by atomic mass is 10.1. The molecule has 0 aliphatic carbocycles. The van der Waals surface area contributed by atoms with E-state index >= 15 is 0 Å². The Labute approximate surface area is 535 Å². The zero-order valence-electron chi connectivity index (χ0n) is 59.5. The predicted octanol–water partition coefficient (Wildman–Crippen LogP) is 10.0. The van der Waals surface area contributed by atoms with Crippen molar-refractivity contribution in [1.29, 1.82) is 0 Å². The summed E-state index contributed by atoms with van der Waals surface area (Å²) in [4.78, 5) is 27.3. The Balaban J connectivity index is -0.000000907. The molecule has 0 aromatic heterocycles. The highest BCUT2D eigenvalue weighted by Crippen LogP contribution is 2.10. The van der Waals surface area contributed by atoms with Crippen molar-refractivity contribution >= 4 is 0 Å². The van der Waals surface area contributed by atoms with E-state index in [0.29, 0.717) is 0 Å². The number of unbranched alkanes of at least 4 members (excludes halogenated alkanes) is 6. The van der Waals surface area contributed by atoms with Crippen LogP contribution in [0.2, 0.25) is 0 Å². The molecule has 7 N–H and O–H groups in total. The fourth-order valence-corrected chi connectivity index (χ4v) is 11.2. The minimum Gasteiger partial charge on any atom is -0.330 e. The van der Waals surface area contributed by atoms with Crippen molar-refractivity contribution in [2.75, 3.05) is 251 Å². The lowest BCUT2D eigenvalue weighted by Crippen LogP contribution is -2.46. The smallest absolute Gasteiger partial charge is 0.0110 e. The molecule has 0 spiro atoms. The number of likely N-dealkylation sites (tertiary alicyclic amines) is 3. The molecule has 6 aliphatic rings. The molecular formula is C70H161N15. The van der Waals surface area contributed by atoms with Gasteiger partial charge in [0.1, 0.15) is 0 Å². The van der Waals surface area contributed by atoms with Crippen molar-refractivity contribution in [3.8, 4) is 0 Å². The average molecular weight is 1210 g/mol. The quantitative estimate of drug-likeness (QED) is 0.0478. The Kier molecular flexibility index (Phi) is 72.2. The number of hydrogen-bond acceptors (Lipinski definition) is 15. The molecular weight excluding hydrogens is 1050 g/mol. The summed E-state index contributed by atoms with van der Waals surface area (Å²) in [6.07, 6.45) is 32.1. The highest BCUT2D eigenvalue weighted by molar-refractivity contribution is 4.73. The Morgan fingerprint density at radius 3 is 0.976 bits per heavy atom. The molecule has 0 bridgehead atoms. The van der Waals surface area contributed by atoms with Crippen LogP contribution in [0.4, 0.5) is 0 Å². The first kappa shape index (κ1) is 88.6. The highest BCUT2D eigenvalue weighted by atomic mass is 15.3. The van der Waals surface area contributed by atoms with Crippen LogP contribution in [0.1, 0.15) is 210 Å². The first-order valence-electron chi connectivity index (χ1n) is 36.5. The number of piperidine rings is 2. The van der Waals surface area contributed by atoms with Crippen molar-refractivity contribution in [3.63, 3.8) is 0 Å². The van der Waals surface area contributed by atoms with Crippen LogP contribution in [0.3, 0.4) is 0 Å². The van der Waals surface area contributed by atoms with Crippen LogP contribution < -0.4 is 22.5 Å². The standard InChI is InChI=1S/C11H25N3.C11H25N.C9H20N2.2C8H18N2.C8H20N2.C7H16N2.C7H15N.CH4/c1-2-3-6-13-8-10-14(11-9-13)7-4-5-12;1-4-6-8-10-12(3)11-9-7-5-2;1-10(2)8-9-11-6-4-3-5-7-11;1-3-4-10-7-5-9(2)6-8-10;9-5-4-8-10-6-2-1-3-7-10;1-3-4-7-10(2)8-5-6-9;1-2-5-9-6-3-8-4-7-9;1-2-5-8-6-3-4-7-8;/h2-12H2,1H3;4-11H2,1-3H3;3-9H2,1-2H3;3-8H2,1-2H3;1-9H2;3-9H2,1-2H3;8H,2-7H2,1H3;2-7H2,1H3;1H4. The zero-order valence-corrected chi connectivity index (χ0v) is 59.5. The monoisotopic (exact) mass is 1210 g/mol. The summed E-state index contributed by atoms with van der Waals surface area (Å²) in [6, 6.07) is 0. The highest BCUT2D eigenvalue weighted by Gasteiger charge is 2.16. The van der Waals surface area contributed by atoms with Gasteiger partial charge in [-0.15, -0.1) is 0 Å². The number of likely N-dealkylation sites (N-methyl/N-ethyl adjacent to an activating group) is 2. The van der Waals surface area contributed by atoms with Crippen LogP contribution >= 0.6 is 0 Å². The van der Waals surface area contributed by atoms with Crippen LogP contribution in [0.25, 0.3) is 0 Å². The molecule has 0 radical (unpaired) electrons. The fraction of sp³-hybridized carbons (Fsp3) is 1.00. The molecule has 516 valence electrons. The Morgan fingerprint density at radius 1 is 0.294 bits per heavy atom. The number of hydrogen-bond donors (Lipinski definition) is 4. The summed E-state index contributed by atoms with van der Waals surface area (Å²) in [5.74, 6) is 0. The Hall–Kier alpha value is -0.600. The lowest BCUT2D eigenvalue weighted by Gasteiger charge is -2.34. The second-order valence-electron chi connectivity index (χ2n) is 25.7. The third-order valence-electron chi connectivity index (χ3n) is 17.0. The number of nitrogens with zero attached hydrogens (tertiary/aromatic N) is 11. The molecule has 0 aromatic carbocycles. The first-order chi connectivity index (χ1) is 40.9. The maximum atomic E-state index is 5.50. The van der Waals surface area contributed by atoms with Crippen molar-refractivity contribution in [3.05, 3.63) is 0 Å². The Bertz CT molecular complexity index is 1160. The molecule has 0 unspecified atom stereocenters. The average Bonchev–Trinajstić information content (AvgIpc) is 4.11. The number of nitrogens with two attached hydrogens (primary N) is 3. The van der Waals surface area contributed by atoms with Gasteiger partial charge < -0.3 is 76.4 Å². The molecule has 0 amide bonds. The van der Waals surface area contributed by atoms with Crippen LogP contribution in [0, 0.1) is 0 Å². The summed E-state index contributed by atoms with van der Waals surface area (Å²) in [6.45, 7) is 56.1. The van der Waals surface area contributed by atoms with Crippen molar-refractivity contribution in [1.82, 2.24) is 59.2 Å². The molecule has 0 saturated carbocycles. The fourth-order valence-electron chi connectivity index (χ4n) is 11.2. The maximum absolute atomic E-state index is 5.50. The van der Waals surface area contributed by atoms with Crippen molar-refractivity contribution in [2.45, 2.75) is 210 Å². The molecule has 15 nitrogen and oxygen atoms in total. The van der Waals surface area contributed by atoms with Crippen LogP contribution in [0.5, 0.6) is 0 Å². The van der Waals surface area contributed by atoms with Gasteiger partial charge in [0.25, 0.3) is 0 Å². The van der Waals surface area contributed by atoms with Crippen LogP contribution in [0.15, 0.2) is 0 Å². The maximum Gasteiger partial charge on any atom is 0.0110 e. The minimum absolute atomic E-state index is 0. The first-order valence-corrected chi connectivity index (χ1v) is 36.5. The SMILES string of the molecule is C.CCCCCN(C)CCCCC.CCCCN(C)CCCN.CCCCN1CCN(CCCN)CC1.CCCN1CCCC1.CCCN1CCN(C)CC1.CCCN1CCNCC1.CN(C)CCN1CCCCC1.NCCCN1CCCCC1. The van der Waals surface area contributed by atoms with Gasteiger partial charge in [0.05, 0.1) is 0 Å². The second-order valence-corrected chi connectivity index (χ2v) is 25.7. The van der Waals surface area contributed by atoms with Gasteiger partial charge >= 0.3 is 0 Å². The predicted molar refractivity (Wildman–Crippen MR) is 383 cm³/mol. The molecule has 0 atom stereocenters. The van der Waals surface area contributed by atoms with Crippen LogP contribution in [-0.4, -0.2) is 305 Å². The largest absolute Gasteiger partial charge is 0.330 e. The number of piperazine rings is 3. The normalized spacial score (nSPS) is 18.6. The van der Waals surface area contributed by atoms with Gasteiger partial charge in [-0.1, -0.05) is 107 Å². The molecule has 6 aliphatic heterocycles. The van der Waals surface area contributed by atoms with Gasteiger partial charge in [0, 0.05) is 91.6 Å². The van der Waals surface area contributed by atoms with Gasteiger partial charge in [-0.25, -0.2) is 0 Å². The van der Waals surface area contributed by atoms with E-state index in [-0.39, 0.29) is 7.43 Å². The number of nitrogens with one attached hydrogen (secondary N) is 1. The lowest BCUT2D eigenvalue weighted by molar-refractivity contribution is 0.131. The van der Waals surface area contributed by atoms with E-state index in [0.717, 1.165) is 39.0 Å². The van der Waals surface area contributed by atoms with E-state index < -0.39 is 0 Å². The van der Waals surface area contributed by atoms with E-state index in [1.54, 1.807) is 0 Å². The molecule has 6 saturated heterocycles. The molecule has 85 heavy (non-hydrogen) atoms. The van der Waals surface area contributed by atoms with Gasteiger partial charge in [0.2, 0.25) is 0 Å². The van der Waals surface area contributed by atoms with E-state index in [1.165, 1.54) is 331 Å². The summed E-state index contributed by atoms with van der Waals surface area (Å²) >= 11 is 0. The van der Waals surface area contributed by atoms with E-state index in [2.05, 4.69) is 143 Å². The van der Waals surface area contributed by atoms with E-state index in [1.807, 2.05) is 0 Å². The summed E-state index contributed by atoms with van der Waals surface area (Å²) in [7, 11) is 10.9. The van der Waals surface area contributed by atoms with Gasteiger partial charge in [0.15, 0.2) is 0 Å². The summed E-state index contributed by atoms with van der Waals surface area (Å²) in [5, 5.41) is 3.33. The molecule has 15 heteroatoms. The third kappa shape index (κ3) is 62.0. The molecule has 6 rings (SSSR count). The molecule has 6 heterocycles. The zero-order chi connectivity index (χ0) is 62.4. The third-order valence-corrected chi connectivity index (χ3v) is 17.0. The van der Waals surface area contributed by atoms with E-state index in [9.17, 15) is 0 Å². The van der Waals surface area contributed by atoms with E-state index in [4.69, 9.17) is 17.2 Å². The van der Waals surface area contributed by atoms with Crippen molar-refractivity contribution < 1.29 is 0 Å². The Morgan fingerprint density at radius 2 is 0.600 bits per heavy atom. The molecule has 0 aromatic rings. The van der Waals surface area contributed by atoms with Gasteiger partial charge in [-0.05, 0) is 262 Å². The minimum atomic E-state index is 0. The van der Waals surface area contributed by atoms with Crippen molar-refractivity contribution in [2.24, 2.45) is 17.2 Å². The summed E-state index contributed by atoms with van der Waals surface area (Å²) < 4.78 is 0. The topological polar surface area (TPSA) is 126 Å². The van der Waals surface area contributed by atoms with Gasteiger partial charge in [-0.3, -0.25) is 0 Å².